The van der Waals surface area contributed by atoms with Crippen molar-refractivity contribution in [3.63, 3.8) is 0 Å². The van der Waals surface area contributed by atoms with Crippen LogP contribution in [0, 0.1) is 0 Å². The summed E-state index contributed by atoms with van der Waals surface area (Å²) < 4.78 is 26.7. The van der Waals surface area contributed by atoms with Crippen LogP contribution in [0.25, 0.3) is 0 Å². The van der Waals surface area contributed by atoms with Crippen molar-refractivity contribution < 1.29 is 18.3 Å². The first-order valence-corrected chi connectivity index (χ1v) is 2.06. The van der Waals surface area contributed by atoms with E-state index in [0.717, 1.165) is 0 Å². The molecule has 0 amide bonds. The molecule has 0 rings (SSSR count). The fourth-order valence-electron chi connectivity index (χ4n) is 0.188. The third-order valence-corrected chi connectivity index (χ3v) is 0.513. The molecule has 0 aliphatic heterocycles. The monoisotopic (exact) mass is 124 g/mol. The first-order chi connectivity index (χ1) is 3.81. The summed E-state index contributed by atoms with van der Waals surface area (Å²) in [6.07, 6.45) is -1.67. The Morgan fingerprint density at radius 3 is 2.75 bits per heavy atom. The van der Waals surface area contributed by atoms with Gasteiger partial charge in [-0.2, -0.15) is 0 Å². The van der Waals surface area contributed by atoms with Gasteiger partial charge in [0.2, 0.25) is 0 Å². The van der Waals surface area contributed by atoms with Gasteiger partial charge in [-0.25, -0.2) is 8.78 Å². The standard InChI is InChI=1S/C4H6F2O2/c5-1-4(6)2-8-3-7/h3-4H,1-2H2. The maximum atomic E-state index is 11.7. The van der Waals surface area contributed by atoms with E-state index in [1.165, 1.54) is 0 Å². The molecular weight excluding hydrogens is 118 g/mol. The fraction of sp³-hybridized carbons (Fsp3) is 0.750. The van der Waals surface area contributed by atoms with Crippen LogP contribution >= 0.6 is 0 Å². The number of ether oxygens (including phenoxy) is 1. The molecule has 0 aromatic rings. The summed E-state index contributed by atoms with van der Waals surface area (Å²) in [6, 6.07) is 0. The van der Waals surface area contributed by atoms with Crippen LogP contribution in [0.3, 0.4) is 0 Å². The van der Waals surface area contributed by atoms with Crippen molar-refractivity contribution in [1.29, 1.82) is 0 Å². The van der Waals surface area contributed by atoms with E-state index in [1.807, 2.05) is 0 Å². The molecule has 4 heteroatoms. The van der Waals surface area contributed by atoms with E-state index in [2.05, 4.69) is 4.74 Å². The molecule has 0 bridgehead atoms. The second kappa shape index (κ2) is 4.49. The van der Waals surface area contributed by atoms with Gasteiger partial charge < -0.3 is 4.74 Å². The first-order valence-electron chi connectivity index (χ1n) is 2.06. The molecular formula is C4H6F2O2. The molecule has 0 aliphatic carbocycles. The number of halogens is 2. The Kier molecular flexibility index (Phi) is 4.11. The van der Waals surface area contributed by atoms with E-state index in [9.17, 15) is 13.6 Å². The van der Waals surface area contributed by atoms with Gasteiger partial charge in [-0.3, -0.25) is 4.79 Å². The molecule has 0 radical (unpaired) electrons. The third kappa shape index (κ3) is 3.52. The summed E-state index contributed by atoms with van der Waals surface area (Å²) in [5, 5.41) is 0. The highest BCUT2D eigenvalue weighted by Gasteiger charge is 2.03. The number of carbonyl (C=O) groups excluding carboxylic acids is 1. The third-order valence-electron chi connectivity index (χ3n) is 0.513. The molecule has 2 nitrogen and oxygen atoms in total. The molecule has 1 unspecified atom stereocenters. The Morgan fingerprint density at radius 2 is 2.38 bits per heavy atom. The molecule has 0 N–H and O–H groups in total. The largest absolute Gasteiger partial charge is 0.465 e. The zero-order valence-corrected chi connectivity index (χ0v) is 4.14. The van der Waals surface area contributed by atoms with Crippen molar-refractivity contribution >= 4 is 6.47 Å². The van der Waals surface area contributed by atoms with Crippen LogP contribution in [0.4, 0.5) is 8.78 Å². The van der Waals surface area contributed by atoms with Gasteiger partial charge in [0.15, 0.2) is 6.17 Å². The van der Waals surface area contributed by atoms with Crippen molar-refractivity contribution in [2.24, 2.45) is 0 Å². The van der Waals surface area contributed by atoms with E-state index in [0.29, 0.717) is 0 Å². The van der Waals surface area contributed by atoms with E-state index < -0.39 is 19.5 Å². The molecule has 0 saturated carbocycles. The summed E-state index contributed by atoms with van der Waals surface area (Å²) in [6.45, 7) is -1.50. The Morgan fingerprint density at radius 1 is 1.75 bits per heavy atom. The number of carbonyl (C=O) groups is 1. The number of alkyl halides is 2. The topological polar surface area (TPSA) is 26.3 Å². The summed E-state index contributed by atoms with van der Waals surface area (Å²) in [5.41, 5.74) is 0. The van der Waals surface area contributed by atoms with E-state index in [-0.39, 0.29) is 6.47 Å². The van der Waals surface area contributed by atoms with Crippen molar-refractivity contribution in [3.05, 3.63) is 0 Å². The average molecular weight is 124 g/mol. The summed E-state index contributed by atoms with van der Waals surface area (Å²) >= 11 is 0. The molecule has 0 aromatic heterocycles. The Labute approximate surface area is 45.4 Å². The molecule has 0 saturated heterocycles. The van der Waals surface area contributed by atoms with Gasteiger partial charge >= 0.3 is 0 Å². The molecule has 8 heavy (non-hydrogen) atoms. The fourth-order valence-corrected chi connectivity index (χ4v) is 0.188. The highest BCUT2D eigenvalue weighted by molar-refractivity contribution is 5.36. The molecule has 0 aromatic carbocycles. The van der Waals surface area contributed by atoms with Gasteiger partial charge in [-0.05, 0) is 0 Å². The van der Waals surface area contributed by atoms with Gasteiger partial charge in [-0.1, -0.05) is 0 Å². The normalized spacial score (nSPS) is 12.8. The summed E-state index contributed by atoms with van der Waals surface area (Å²) in [4.78, 5) is 9.31. The van der Waals surface area contributed by atoms with Crippen LogP contribution in [0.1, 0.15) is 0 Å². The SMILES string of the molecule is O=COCC(F)CF. The Bertz CT molecular complexity index is 67.1. The minimum atomic E-state index is -1.67. The van der Waals surface area contributed by atoms with E-state index >= 15 is 0 Å². The average Bonchev–Trinajstić information content (AvgIpc) is 1.83. The van der Waals surface area contributed by atoms with Crippen molar-refractivity contribution in [2.45, 2.75) is 6.17 Å². The van der Waals surface area contributed by atoms with Crippen LogP contribution < -0.4 is 0 Å². The van der Waals surface area contributed by atoms with Crippen LogP contribution in [0.2, 0.25) is 0 Å². The van der Waals surface area contributed by atoms with Gasteiger partial charge in [0.25, 0.3) is 6.47 Å². The lowest BCUT2D eigenvalue weighted by Crippen LogP contribution is -2.10. The van der Waals surface area contributed by atoms with Gasteiger partial charge in [-0.15, -0.1) is 0 Å². The minimum absolute atomic E-state index is 0.0856. The lowest BCUT2D eigenvalue weighted by molar-refractivity contribution is -0.130. The zero-order chi connectivity index (χ0) is 6.41. The molecule has 0 heterocycles. The maximum Gasteiger partial charge on any atom is 0.293 e. The van der Waals surface area contributed by atoms with Crippen LogP contribution in [-0.2, 0) is 9.53 Å². The van der Waals surface area contributed by atoms with Crippen LogP contribution in [-0.4, -0.2) is 25.9 Å². The van der Waals surface area contributed by atoms with Crippen molar-refractivity contribution in [3.8, 4) is 0 Å². The maximum absolute atomic E-state index is 11.7. The molecule has 0 spiro atoms. The zero-order valence-electron chi connectivity index (χ0n) is 4.14. The number of hydrogen-bond acceptors (Lipinski definition) is 2. The van der Waals surface area contributed by atoms with Crippen molar-refractivity contribution in [2.75, 3.05) is 13.3 Å². The minimum Gasteiger partial charge on any atom is -0.465 e. The van der Waals surface area contributed by atoms with Crippen LogP contribution in [0.5, 0.6) is 0 Å². The Balaban J connectivity index is 2.97. The van der Waals surface area contributed by atoms with Gasteiger partial charge in [0.1, 0.15) is 13.3 Å². The van der Waals surface area contributed by atoms with Crippen LogP contribution in [0.15, 0.2) is 0 Å². The number of rotatable bonds is 4. The van der Waals surface area contributed by atoms with Crippen molar-refractivity contribution in [1.82, 2.24) is 0 Å². The second-order valence-corrected chi connectivity index (χ2v) is 1.18. The molecule has 0 aliphatic rings. The van der Waals surface area contributed by atoms with E-state index in [1.54, 1.807) is 0 Å². The molecule has 0 fully saturated rings. The quantitative estimate of drug-likeness (QED) is 0.509. The molecule has 1 atom stereocenters. The summed E-state index contributed by atoms with van der Waals surface area (Å²) in [7, 11) is 0. The van der Waals surface area contributed by atoms with E-state index in [4.69, 9.17) is 0 Å². The highest BCUT2D eigenvalue weighted by atomic mass is 19.2. The predicted octanol–water partition coefficient (Wildman–Crippen LogP) is 0.467. The lowest BCUT2D eigenvalue weighted by atomic mass is 10.5. The summed E-state index contributed by atoms with van der Waals surface area (Å²) in [5.74, 6) is 0. The van der Waals surface area contributed by atoms with Gasteiger partial charge in [0.05, 0.1) is 0 Å². The predicted molar refractivity (Wildman–Crippen MR) is 22.9 cm³/mol. The Hall–Kier alpha value is -0.670. The molecule has 48 valence electrons. The second-order valence-electron chi connectivity index (χ2n) is 1.18. The smallest absolute Gasteiger partial charge is 0.293 e. The first kappa shape index (κ1) is 7.33. The highest BCUT2D eigenvalue weighted by Crippen LogP contribution is 1.90. The lowest BCUT2D eigenvalue weighted by Gasteiger charge is -1.97. The van der Waals surface area contributed by atoms with Gasteiger partial charge in [0, 0.05) is 0 Å². The number of hydrogen-bond donors (Lipinski definition) is 0.